The Morgan fingerprint density at radius 3 is 2.59 bits per heavy atom. The maximum atomic E-state index is 12.8. The molecule has 0 amide bonds. The molecule has 1 aromatic carbocycles. The van der Waals surface area contributed by atoms with Gasteiger partial charge in [-0.05, 0) is 55.9 Å². The number of carbonyl (C=O) groups is 1. The standard InChI is InChI=1S/C22H29F3N4O2S/c1-27(2)20-5-4-18(31-22(23,24)25)12-19(20)21(16-30)6-8-28(9-7-21)14-17-13-26-29(15-17)10-11-32-3/h4-5,12-13,15-16H,6-11,14H2,1-3H3. The van der Waals surface area contributed by atoms with Gasteiger partial charge in [0.05, 0.1) is 11.6 Å². The maximum absolute atomic E-state index is 12.8. The van der Waals surface area contributed by atoms with E-state index in [0.29, 0.717) is 31.5 Å². The Morgan fingerprint density at radius 1 is 1.28 bits per heavy atom. The molecule has 32 heavy (non-hydrogen) atoms. The number of aldehydes is 1. The van der Waals surface area contributed by atoms with Gasteiger partial charge in [0.15, 0.2) is 0 Å². The third kappa shape index (κ3) is 5.98. The Kier molecular flexibility index (Phi) is 7.76. The van der Waals surface area contributed by atoms with Gasteiger partial charge in [-0.3, -0.25) is 9.58 Å². The van der Waals surface area contributed by atoms with Crippen LogP contribution < -0.4 is 9.64 Å². The van der Waals surface area contributed by atoms with Crippen molar-refractivity contribution in [3.8, 4) is 5.75 Å². The topological polar surface area (TPSA) is 50.6 Å². The molecule has 6 nitrogen and oxygen atoms in total. The highest BCUT2D eigenvalue weighted by atomic mass is 32.2. The minimum absolute atomic E-state index is 0.306. The molecular formula is C22H29F3N4O2S. The molecule has 0 radical (unpaired) electrons. The Labute approximate surface area is 190 Å². The first kappa shape index (κ1) is 24.4. The van der Waals surface area contributed by atoms with Crippen LogP contribution in [0.1, 0.15) is 24.0 Å². The van der Waals surface area contributed by atoms with Gasteiger partial charge in [0.25, 0.3) is 0 Å². The van der Waals surface area contributed by atoms with E-state index in [1.807, 2.05) is 36.1 Å². The van der Waals surface area contributed by atoms with Crippen molar-refractivity contribution >= 4 is 23.7 Å². The van der Waals surface area contributed by atoms with Crippen LogP contribution in [0.5, 0.6) is 5.75 Å². The number of aromatic nitrogens is 2. The molecule has 1 saturated heterocycles. The highest BCUT2D eigenvalue weighted by molar-refractivity contribution is 7.98. The van der Waals surface area contributed by atoms with E-state index < -0.39 is 11.8 Å². The average Bonchev–Trinajstić information content (AvgIpc) is 3.19. The normalized spacial score (nSPS) is 16.7. The van der Waals surface area contributed by atoms with E-state index in [9.17, 15) is 18.0 Å². The number of benzene rings is 1. The monoisotopic (exact) mass is 470 g/mol. The zero-order valence-corrected chi connectivity index (χ0v) is 19.4. The Balaban J connectivity index is 1.76. The third-order valence-electron chi connectivity index (χ3n) is 5.81. The van der Waals surface area contributed by atoms with Gasteiger partial charge < -0.3 is 14.4 Å². The first-order valence-corrected chi connectivity index (χ1v) is 11.8. The summed E-state index contributed by atoms with van der Waals surface area (Å²) in [4.78, 5) is 16.4. The number of hydrogen-bond donors (Lipinski definition) is 0. The van der Waals surface area contributed by atoms with Gasteiger partial charge >= 0.3 is 6.36 Å². The van der Waals surface area contributed by atoms with Crippen LogP contribution in [0.2, 0.25) is 0 Å². The van der Waals surface area contributed by atoms with Gasteiger partial charge in [0.1, 0.15) is 12.0 Å². The number of rotatable bonds is 9. The number of ether oxygens (including phenoxy) is 1. The lowest BCUT2D eigenvalue weighted by Gasteiger charge is -2.40. The van der Waals surface area contributed by atoms with E-state index in [4.69, 9.17) is 0 Å². The molecule has 0 bridgehead atoms. The van der Waals surface area contributed by atoms with Crippen LogP contribution in [0.3, 0.4) is 0 Å². The molecule has 0 unspecified atom stereocenters. The first-order valence-electron chi connectivity index (χ1n) is 10.4. The molecule has 0 atom stereocenters. The smallest absolute Gasteiger partial charge is 0.406 e. The molecule has 1 aliphatic heterocycles. The van der Waals surface area contributed by atoms with Gasteiger partial charge in [-0.25, -0.2) is 0 Å². The second-order valence-corrected chi connectivity index (χ2v) is 9.26. The van der Waals surface area contributed by atoms with Crippen molar-refractivity contribution in [3.05, 3.63) is 41.7 Å². The second-order valence-electron chi connectivity index (χ2n) is 8.28. The lowest BCUT2D eigenvalue weighted by molar-refractivity contribution is -0.274. The highest BCUT2D eigenvalue weighted by Crippen LogP contribution is 2.41. The summed E-state index contributed by atoms with van der Waals surface area (Å²) in [5.74, 6) is 0.692. The van der Waals surface area contributed by atoms with E-state index >= 15 is 0 Å². The molecule has 2 aromatic rings. The van der Waals surface area contributed by atoms with Gasteiger partial charge in [0, 0.05) is 50.4 Å². The fourth-order valence-electron chi connectivity index (χ4n) is 4.12. The zero-order valence-electron chi connectivity index (χ0n) is 18.6. The van der Waals surface area contributed by atoms with Crippen LogP contribution in [-0.4, -0.2) is 66.5 Å². The van der Waals surface area contributed by atoms with Crippen LogP contribution in [-0.2, 0) is 23.3 Å². The fourth-order valence-corrected chi connectivity index (χ4v) is 4.48. The lowest BCUT2D eigenvalue weighted by Crippen LogP contribution is -2.44. The number of hydrogen-bond acceptors (Lipinski definition) is 6. The predicted molar refractivity (Wildman–Crippen MR) is 120 cm³/mol. The molecule has 176 valence electrons. The average molecular weight is 471 g/mol. The summed E-state index contributed by atoms with van der Waals surface area (Å²) in [6.45, 7) is 2.91. The molecular weight excluding hydrogens is 441 g/mol. The molecule has 0 aliphatic carbocycles. The molecule has 2 heterocycles. The summed E-state index contributed by atoms with van der Waals surface area (Å²) in [5.41, 5.74) is 1.54. The summed E-state index contributed by atoms with van der Waals surface area (Å²) in [5, 5.41) is 4.39. The molecule has 0 saturated carbocycles. The van der Waals surface area contributed by atoms with Gasteiger partial charge in [0.2, 0.25) is 0 Å². The minimum Gasteiger partial charge on any atom is -0.406 e. The first-order chi connectivity index (χ1) is 15.2. The van der Waals surface area contributed by atoms with Crippen LogP contribution >= 0.6 is 11.8 Å². The second kappa shape index (κ2) is 10.2. The van der Waals surface area contributed by atoms with Crippen LogP contribution in [0.15, 0.2) is 30.6 Å². The SMILES string of the molecule is CSCCn1cc(CN2CCC(C=O)(c3cc(OC(F)(F)F)ccc3N(C)C)CC2)cn1. The highest BCUT2D eigenvalue weighted by Gasteiger charge is 2.39. The summed E-state index contributed by atoms with van der Waals surface area (Å²) >= 11 is 1.77. The molecule has 0 N–H and O–H groups in total. The predicted octanol–water partition coefficient (Wildman–Crippen LogP) is 3.94. The number of halogens is 3. The number of carbonyl (C=O) groups excluding carboxylic acids is 1. The fraction of sp³-hybridized carbons (Fsp3) is 0.545. The van der Waals surface area contributed by atoms with Crippen molar-refractivity contribution in [3.63, 3.8) is 0 Å². The molecule has 3 rings (SSSR count). The molecule has 10 heteroatoms. The van der Waals surface area contributed by atoms with E-state index in [1.54, 1.807) is 17.8 Å². The van der Waals surface area contributed by atoms with Crippen molar-refractivity contribution in [2.45, 2.75) is 37.7 Å². The van der Waals surface area contributed by atoms with Crippen molar-refractivity contribution < 1.29 is 22.7 Å². The number of anilines is 1. The summed E-state index contributed by atoms with van der Waals surface area (Å²) < 4.78 is 44.4. The molecule has 0 spiro atoms. The van der Waals surface area contributed by atoms with Crippen molar-refractivity contribution in [1.82, 2.24) is 14.7 Å². The molecule has 1 aliphatic rings. The van der Waals surface area contributed by atoms with Crippen LogP contribution in [0.25, 0.3) is 0 Å². The Morgan fingerprint density at radius 2 is 2.00 bits per heavy atom. The summed E-state index contributed by atoms with van der Waals surface area (Å²) in [7, 11) is 3.62. The van der Waals surface area contributed by atoms with Crippen molar-refractivity contribution in [1.29, 1.82) is 0 Å². The number of likely N-dealkylation sites (tertiary alicyclic amines) is 1. The molecule has 1 fully saturated rings. The van der Waals surface area contributed by atoms with Gasteiger partial charge in [-0.2, -0.15) is 16.9 Å². The van der Waals surface area contributed by atoms with E-state index in [2.05, 4.69) is 21.0 Å². The zero-order chi connectivity index (χ0) is 23.4. The number of alkyl halides is 3. The number of thioether (sulfide) groups is 1. The van der Waals surface area contributed by atoms with Gasteiger partial charge in [-0.15, -0.1) is 13.2 Å². The van der Waals surface area contributed by atoms with Crippen molar-refractivity contribution in [2.24, 2.45) is 0 Å². The summed E-state index contributed by atoms with van der Waals surface area (Å²) in [6, 6.07) is 4.23. The number of nitrogens with zero attached hydrogens (tertiary/aromatic N) is 4. The van der Waals surface area contributed by atoms with Crippen LogP contribution in [0, 0.1) is 0 Å². The minimum atomic E-state index is -4.78. The number of piperidine rings is 1. The Bertz CT molecular complexity index is 909. The molecule has 1 aromatic heterocycles. The van der Waals surface area contributed by atoms with E-state index in [1.165, 1.54) is 12.1 Å². The summed E-state index contributed by atoms with van der Waals surface area (Å²) in [6.07, 6.45) is 3.12. The van der Waals surface area contributed by atoms with E-state index in [-0.39, 0.29) is 5.75 Å². The number of aryl methyl sites for hydroxylation is 1. The van der Waals surface area contributed by atoms with Crippen molar-refractivity contribution in [2.75, 3.05) is 44.1 Å². The largest absolute Gasteiger partial charge is 0.573 e. The van der Waals surface area contributed by atoms with Crippen LogP contribution in [0.4, 0.5) is 18.9 Å². The van der Waals surface area contributed by atoms with E-state index in [0.717, 1.165) is 36.4 Å². The maximum Gasteiger partial charge on any atom is 0.573 e. The Hall–Kier alpha value is -2.20. The third-order valence-corrected chi connectivity index (χ3v) is 6.40. The quantitative estimate of drug-likeness (QED) is 0.518. The van der Waals surface area contributed by atoms with Gasteiger partial charge in [-0.1, -0.05) is 0 Å². The lowest BCUT2D eigenvalue weighted by atomic mass is 9.73.